The first-order chi connectivity index (χ1) is 31.9. The maximum atomic E-state index is 14.1. The van der Waals surface area contributed by atoms with Gasteiger partial charge in [0, 0.05) is 19.5 Å². The average molecular weight is 968 g/mol. The van der Waals surface area contributed by atoms with Crippen LogP contribution in [0.2, 0.25) is 0 Å². The third-order valence-electron chi connectivity index (χ3n) is 11.1. The number of nitrogens with zero attached hydrogens (tertiary/aromatic N) is 1. The van der Waals surface area contributed by atoms with Crippen molar-refractivity contribution >= 4 is 65.1 Å². The number of guanidine groups is 1. The molecule has 1 heterocycles. The Morgan fingerprint density at radius 2 is 1.12 bits per heavy atom. The van der Waals surface area contributed by atoms with E-state index in [1.54, 1.807) is 13.8 Å². The third-order valence-corrected chi connectivity index (χ3v) is 11.1. The van der Waals surface area contributed by atoms with E-state index in [4.69, 9.17) is 34.1 Å². The molecule has 0 aromatic carbocycles. The second-order valence-corrected chi connectivity index (χ2v) is 17.3. The summed E-state index contributed by atoms with van der Waals surface area (Å²) in [4.78, 5) is 132. The summed E-state index contributed by atoms with van der Waals surface area (Å²) >= 11 is 0. The van der Waals surface area contributed by atoms with Crippen molar-refractivity contribution in [2.75, 3.05) is 26.2 Å². The first-order valence-electron chi connectivity index (χ1n) is 23.1. The second-order valence-electron chi connectivity index (χ2n) is 17.3. The van der Waals surface area contributed by atoms with Crippen LogP contribution < -0.4 is 71.2 Å². The fraction of sp³-hybridized carbons (Fsp3) is 0.738. The van der Waals surface area contributed by atoms with Gasteiger partial charge in [0.05, 0.1) is 6.04 Å². The van der Waals surface area contributed by atoms with Gasteiger partial charge in [-0.15, -0.1) is 0 Å². The molecule has 20 N–H and O–H groups in total. The Balaban J connectivity index is 3.26. The summed E-state index contributed by atoms with van der Waals surface area (Å²) in [6.07, 6.45) is 2.67. The average Bonchev–Trinajstić information content (AvgIpc) is 3.76. The molecule has 0 radical (unpaired) electrons. The Bertz CT molecular complexity index is 1750. The number of likely N-dealkylation sites (tertiary alicyclic amines) is 1. The van der Waals surface area contributed by atoms with Crippen LogP contribution in [0, 0.1) is 11.3 Å². The van der Waals surface area contributed by atoms with Crippen molar-refractivity contribution in [2.45, 2.75) is 166 Å². The largest absolute Gasteiger partial charge is 0.480 e. The molecular formula is C42H77N15O11. The number of carboxylic acid groups (broad SMARTS) is 1. The minimum atomic E-state index is -1.45. The van der Waals surface area contributed by atoms with E-state index in [1.165, 1.54) is 25.7 Å². The van der Waals surface area contributed by atoms with E-state index in [0.717, 1.165) is 0 Å². The molecule has 0 spiro atoms. The molecule has 1 rings (SSSR count). The maximum absolute atomic E-state index is 14.1. The molecule has 386 valence electrons. The van der Waals surface area contributed by atoms with Crippen LogP contribution in [0.15, 0.2) is 0 Å². The van der Waals surface area contributed by atoms with Gasteiger partial charge in [-0.25, -0.2) is 4.79 Å². The molecule has 0 saturated carbocycles. The molecule has 9 atom stereocenters. The van der Waals surface area contributed by atoms with Crippen LogP contribution in [0.3, 0.4) is 0 Å². The zero-order valence-corrected chi connectivity index (χ0v) is 40.0. The van der Waals surface area contributed by atoms with Crippen LogP contribution in [-0.2, 0) is 47.9 Å². The van der Waals surface area contributed by atoms with E-state index in [-0.39, 0.29) is 70.5 Å². The summed E-state index contributed by atoms with van der Waals surface area (Å²) in [5.41, 5.74) is 27.7. The SMILES string of the molecule is CC(C)[C@@H](NC(=O)[C@H](CCCCN)NC(=O)[C@H](CCCNC(=N)N)NC(=O)[C@@H]1CCCN1C(=O)[C@H](CCCCN)NC(=O)[C@H](C)N)C(=O)N[C@@H](C)C(=O)N[C@@H](C)C(=O)N[C@@H](CCC(N)=O)C(=O)O. The molecular weight excluding hydrogens is 891 g/mol. The standard InChI is InChI=1S/C42H77N15O11/c1-22(2)32(39(65)51-24(4)34(60)50-25(5)35(61)55-29(41(67)68)16-17-31(46)58)56-37(63)26(12-6-8-18-43)52-36(62)27(14-10-20-49-42(47)48)53-38(64)30-15-11-21-57(30)40(66)28(13-7-9-19-44)54-33(59)23(3)45/h22-30,32H,6-21,43-45H2,1-5H3,(H2,46,58)(H,50,60)(H,51,65)(H,52,62)(H,53,64)(H,54,59)(H,55,61)(H,56,63)(H,67,68)(H4,47,48,49)/t23-,24-,25-,26-,27-,28-,29-,30-,32+/m0/s1. The van der Waals surface area contributed by atoms with Crippen LogP contribution in [0.4, 0.5) is 0 Å². The Hall–Kier alpha value is -6.15. The Kier molecular flexibility index (Phi) is 27.3. The van der Waals surface area contributed by atoms with Crippen molar-refractivity contribution in [1.29, 1.82) is 5.41 Å². The Morgan fingerprint density at radius 1 is 0.618 bits per heavy atom. The molecule has 68 heavy (non-hydrogen) atoms. The predicted octanol–water partition coefficient (Wildman–Crippen LogP) is -4.71. The highest BCUT2D eigenvalue weighted by molar-refractivity contribution is 5.98. The zero-order chi connectivity index (χ0) is 51.7. The molecule has 0 bridgehead atoms. The van der Waals surface area contributed by atoms with Crippen molar-refractivity contribution < 1.29 is 53.1 Å². The molecule has 0 aliphatic carbocycles. The van der Waals surface area contributed by atoms with E-state index >= 15 is 0 Å². The summed E-state index contributed by atoms with van der Waals surface area (Å²) in [5, 5.41) is 37.4. The van der Waals surface area contributed by atoms with Gasteiger partial charge in [-0.3, -0.25) is 48.6 Å². The molecule has 0 aromatic heterocycles. The van der Waals surface area contributed by atoms with Gasteiger partial charge in [0.25, 0.3) is 0 Å². The number of primary amides is 1. The number of nitrogens with one attached hydrogen (secondary N) is 9. The fourth-order valence-corrected chi connectivity index (χ4v) is 7.06. The van der Waals surface area contributed by atoms with Gasteiger partial charge >= 0.3 is 5.97 Å². The van der Waals surface area contributed by atoms with E-state index in [0.29, 0.717) is 38.6 Å². The molecule has 1 aliphatic rings. The number of rotatable bonds is 32. The molecule has 9 amide bonds. The highest BCUT2D eigenvalue weighted by Gasteiger charge is 2.40. The predicted molar refractivity (Wildman–Crippen MR) is 249 cm³/mol. The molecule has 1 aliphatic heterocycles. The lowest BCUT2D eigenvalue weighted by Gasteiger charge is -2.31. The van der Waals surface area contributed by atoms with Gasteiger partial charge in [-0.1, -0.05) is 13.8 Å². The lowest BCUT2D eigenvalue weighted by atomic mass is 10.0. The van der Waals surface area contributed by atoms with Crippen molar-refractivity contribution in [2.24, 2.45) is 34.6 Å². The van der Waals surface area contributed by atoms with Crippen molar-refractivity contribution in [1.82, 2.24) is 47.4 Å². The van der Waals surface area contributed by atoms with Crippen LogP contribution in [-0.4, -0.2) is 156 Å². The van der Waals surface area contributed by atoms with Crippen molar-refractivity contribution in [3.8, 4) is 0 Å². The Morgan fingerprint density at radius 3 is 1.65 bits per heavy atom. The van der Waals surface area contributed by atoms with E-state index in [9.17, 15) is 53.1 Å². The van der Waals surface area contributed by atoms with Crippen molar-refractivity contribution in [3.05, 3.63) is 0 Å². The first-order valence-corrected chi connectivity index (χ1v) is 23.1. The molecule has 26 heteroatoms. The number of nitrogens with two attached hydrogens (primary N) is 5. The van der Waals surface area contributed by atoms with Crippen LogP contribution in [0.5, 0.6) is 0 Å². The number of hydrogen-bond donors (Lipinski definition) is 15. The molecule has 1 fully saturated rings. The van der Waals surface area contributed by atoms with Crippen LogP contribution in [0.25, 0.3) is 0 Å². The highest BCUT2D eigenvalue weighted by Crippen LogP contribution is 2.21. The summed E-state index contributed by atoms with van der Waals surface area (Å²) < 4.78 is 0. The number of carbonyl (C=O) groups is 10. The molecule has 0 unspecified atom stereocenters. The fourth-order valence-electron chi connectivity index (χ4n) is 7.06. The molecule has 26 nitrogen and oxygen atoms in total. The van der Waals surface area contributed by atoms with Crippen LogP contribution >= 0.6 is 0 Å². The summed E-state index contributed by atoms with van der Waals surface area (Å²) in [6, 6.07) is -10.6. The van der Waals surface area contributed by atoms with Crippen LogP contribution in [0.1, 0.15) is 112 Å². The summed E-state index contributed by atoms with van der Waals surface area (Å²) in [6.45, 7) is 8.36. The van der Waals surface area contributed by atoms with Crippen molar-refractivity contribution in [3.63, 3.8) is 0 Å². The maximum Gasteiger partial charge on any atom is 0.326 e. The minimum absolute atomic E-state index is 0.00844. The number of aliphatic carboxylic acids is 1. The van der Waals surface area contributed by atoms with Gasteiger partial charge in [-0.2, -0.15) is 0 Å². The third kappa shape index (κ3) is 21.6. The minimum Gasteiger partial charge on any atom is -0.480 e. The van der Waals surface area contributed by atoms with Gasteiger partial charge < -0.3 is 81.2 Å². The highest BCUT2D eigenvalue weighted by atomic mass is 16.4. The number of amides is 9. The van der Waals surface area contributed by atoms with Gasteiger partial charge in [0.15, 0.2) is 5.96 Å². The first kappa shape index (κ1) is 59.9. The summed E-state index contributed by atoms with van der Waals surface area (Å²) in [5.74, 6) is -8.73. The Labute approximate surface area is 397 Å². The molecule has 0 aromatic rings. The number of carbonyl (C=O) groups excluding carboxylic acids is 9. The van der Waals surface area contributed by atoms with Gasteiger partial charge in [0.2, 0.25) is 53.2 Å². The van der Waals surface area contributed by atoms with Gasteiger partial charge in [-0.05, 0) is 110 Å². The van der Waals surface area contributed by atoms with E-state index < -0.39 is 119 Å². The monoisotopic (exact) mass is 968 g/mol. The lowest BCUT2D eigenvalue weighted by molar-refractivity contribution is -0.142. The number of hydrogen-bond acceptors (Lipinski definition) is 14. The van der Waals surface area contributed by atoms with E-state index in [2.05, 4.69) is 42.5 Å². The lowest BCUT2D eigenvalue weighted by Crippen LogP contribution is -2.60. The normalized spacial score (nSPS) is 16.8. The van der Waals surface area contributed by atoms with Gasteiger partial charge in [0.1, 0.15) is 48.3 Å². The number of carboxylic acids is 1. The topological polar surface area (TPSA) is 444 Å². The molecule has 1 saturated heterocycles. The second kappa shape index (κ2) is 31.0. The smallest absolute Gasteiger partial charge is 0.326 e. The quantitative estimate of drug-likeness (QED) is 0.0171. The number of unbranched alkanes of at least 4 members (excludes halogenated alkanes) is 2. The summed E-state index contributed by atoms with van der Waals surface area (Å²) in [7, 11) is 0. The van der Waals surface area contributed by atoms with E-state index in [1.807, 2.05) is 0 Å². The zero-order valence-electron chi connectivity index (χ0n) is 40.0.